The second-order valence-electron chi connectivity index (χ2n) is 5.03. The first-order valence-electron chi connectivity index (χ1n) is 7.66. The van der Waals surface area contributed by atoms with Gasteiger partial charge in [0.15, 0.2) is 11.5 Å². The number of alkyl halides is 3. The van der Waals surface area contributed by atoms with Crippen molar-refractivity contribution in [1.29, 1.82) is 0 Å². The summed E-state index contributed by atoms with van der Waals surface area (Å²) in [7, 11) is 0. The highest BCUT2D eigenvalue weighted by atomic mass is 35.5. The molecule has 2 N–H and O–H groups in total. The fourth-order valence-corrected chi connectivity index (χ4v) is 2.19. The molecule has 2 rings (SSSR count). The van der Waals surface area contributed by atoms with Gasteiger partial charge in [0.25, 0.3) is 5.91 Å². The molecule has 11 heteroatoms. The van der Waals surface area contributed by atoms with Crippen molar-refractivity contribution in [3.63, 3.8) is 0 Å². The van der Waals surface area contributed by atoms with Crippen LogP contribution in [-0.4, -0.2) is 34.3 Å². The number of anilines is 1. The van der Waals surface area contributed by atoms with Crippen molar-refractivity contribution in [2.75, 3.05) is 18.5 Å². The van der Waals surface area contributed by atoms with Crippen molar-refractivity contribution in [2.45, 2.75) is 26.4 Å². The molecule has 0 unspecified atom stereocenters. The third-order valence-electron chi connectivity index (χ3n) is 3.00. The Hall–Kier alpha value is -2.49. The Morgan fingerprint density at radius 1 is 1.31 bits per heavy atom. The Morgan fingerprint density at radius 3 is 2.62 bits per heavy atom. The Labute approximate surface area is 151 Å². The van der Waals surface area contributed by atoms with Gasteiger partial charge in [-0.1, -0.05) is 18.5 Å². The lowest BCUT2D eigenvalue weighted by Gasteiger charge is -2.14. The van der Waals surface area contributed by atoms with E-state index in [1.807, 2.05) is 6.92 Å². The largest absolute Gasteiger partial charge is 0.490 e. The Kier molecular flexibility index (Phi) is 6.30. The molecule has 1 heterocycles. The molecular formula is C15H16ClF3N4O3. The Bertz CT molecular complexity index is 780. The van der Waals surface area contributed by atoms with E-state index >= 15 is 0 Å². The van der Waals surface area contributed by atoms with E-state index in [2.05, 4.69) is 15.4 Å². The van der Waals surface area contributed by atoms with Crippen LogP contribution in [0.3, 0.4) is 0 Å². The summed E-state index contributed by atoms with van der Waals surface area (Å²) in [6.45, 7) is 4.38. The first-order chi connectivity index (χ1) is 12.3. The number of carbonyl (C=O) groups excluding carboxylic acids is 1. The molecule has 7 nitrogen and oxygen atoms in total. The summed E-state index contributed by atoms with van der Waals surface area (Å²) in [6.07, 6.45) is -3.95. The van der Waals surface area contributed by atoms with Crippen LogP contribution in [0.4, 0.5) is 19.1 Å². The molecule has 0 bridgehead atoms. The zero-order valence-corrected chi connectivity index (χ0v) is 14.7. The molecule has 0 fully saturated rings. The fraction of sp³-hybridized carbons (Fsp3) is 0.400. The summed E-state index contributed by atoms with van der Waals surface area (Å²) in [4.78, 5) is 15.4. The lowest BCUT2D eigenvalue weighted by Crippen LogP contribution is -2.14. The number of hydrogen-bond donors (Lipinski definition) is 2. The Morgan fingerprint density at radius 2 is 2.04 bits per heavy atom. The van der Waals surface area contributed by atoms with Gasteiger partial charge in [-0.15, -0.1) is 5.10 Å². The minimum atomic E-state index is -4.69. The molecule has 0 atom stereocenters. The molecular weight excluding hydrogens is 377 g/mol. The molecule has 1 aromatic carbocycles. The van der Waals surface area contributed by atoms with Gasteiger partial charge in [0.1, 0.15) is 0 Å². The predicted octanol–water partition coefficient (Wildman–Crippen LogP) is 3.92. The molecule has 1 aromatic heterocycles. The van der Waals surface area contributed by atoms with Gasteiger partial charge in [-0.2, -0.15) is 18.2 Å². The van der Waals surface area contributed by atoms with Crippen molar-refractivity contribution >= 4 is 23.5 Å². The van der Waals surface area contributed by atoms with Crippen molar-refractivity contribution < 1.29 is 27.4 Å². The number of amides is 1. The summed E-state index contributed by atoms with van der Waals surface area (Å²) in [5.74, 6) is -2.02. The normalized spacial score (nSPS) is 11.3. The van der Waals surface area contributed by atoms with E-state index < -0.39 is 23.9 Å². The molecule has 0 spiro atoms. The predicted molar refractivity (Wildman–Crippen MR) is 87.7 cm³/mol. The van der Waals surface area contributed by atoms with E-state index in [1.54, 1.807) is 12.0 Å². The standard InChI is InChI=1S/C15H16ClF3N4O3/c1-3-5-26-11-9(16)6-8(7-10(11)25-4-2)12(24)20-14-21-13(22-23-14)15(17,18)19/h6-7H,3-5H2,1-2H3,(H2,20,21,22,23,24). The van der Waals surface area contributed by atoms with Crippen molar-refractivity contribution in [1.82, 2.24) is 15.2 Å². The van der Waals surface area contributed by atoms with Crippen LogP contribution < -0.4 is 14.8 Å². The molecule has 0 aliphatic rings. The first-order valence-corrected chi connectivity index (χ1v) is 8.04. The summed E-state index contributed by atoms with van der Waals surface area (Å²) < 4.78 is 48.5. The topological polar surface area (TPSA) is 89.1 Å². The number of benzene rings is 1. The second kappa shape index (κ2) is 8.26. The van der Waals surface area contributed by atoms with Crippen LogP contribution in [0.15, 0.2) is 12.1 Å². The number of nitrogens with zero attached hydrogens (tertiary/aromatic N) is 2. The van der Waals surface area contributed by atoms with Crippen LogP contribution >= 0.6 is 11.6 Å². The second-order valence-corrected chi connectivity index (χ2v) is 5.43. The van der Waals surface area contributed by atoms with Gasteiger partial charge in [0, 0.05) is 5.56 Å². The maximum atomic E-state index is 12.5. The number of aromatic nitrogens is 3. The quantitative estimate of drug-likeness (QED) is 0.745. The van der Waals surface area contributed by atoms with Crippen LogP contribution in [0.2, 0.25) is 5.02 Å². The fourth-order valence-electron chi connectivity index (χ4n) is 1.92. The van der Waals surface area contributed by atoms with Crippen molar-refractivity contribution in [3.8, 4) is 11.5 Å². The zero-order valence-electron chi connectivity index (χ0n) is 13.9. The first kappa shape index (κ1) is 19.8. The Balaban J connectivity index is 2.24. The van der Waals surface area contributed by atoms with Gasteiger partial charge in [0.2, 0.25) is 11.8 Å². The average Bonchev–Trinajstić information content (AvgIpc) is 3.03. The molecule has 26 heavy (non-hydrogen) atoms. The van der Waals surface area contributed by atoms with Gasteiger partial charge in [-0.05, 0) is 25.5 Å². The number of halogens is 4. The van der Waals surface area contributed by atoms with E-state index in [-0.39, 0.29) is 16.3 Å². The van der Waals surface area contributed by atoms with Gasteiger partial charge < -0.3 is 9.47 Å². The number of aromatic amines is 1. The number of carbonyl (C=O) groups is 1. The van der Waals surface area contributed by atoms with Gasteiger partial charge in [-0.3, -0.25) is 15.2 Å². The lowest BCUT2D eigenvalue weighted by molar-refractivity contribution is -0.144. The van der Waals surface area contributed by atoms with E-state index in [4.69, 9.17) is 21.1 Å². The number of ether oxygens (including phenoxy) is 2. The highest BCUT2D eigenvalue weighted by Gasteiger charge is 2.35. The molecule has 1 amide bonds. The maximum Gasteiger partial charge on any atom is 0.451 e. The van der Waals surface area contributed by atoms with Gasteiger partial charge in [0.05, 0.1) is 18.2 Å². The van der Waals surface area contributed by atoms with Gasteiger partial charge >= 0.3 is 6.18 Å². The maximum absolute atomic E-state index is 12.5. The summed E-state index contributed by atoms with van der Waals surface area (Å²) in [5, 5.41) is 7.32. The van der Waals surface area contributed by atoms with E-state index in [9.17, 15) is 18.0 Å². The van der Waals surface area contributed by atoms with E-state index in [0.29, 0.717) is 19.0 Å². The highest BCUT2D eigenvalue weighted by molar-refractivity contribution is 6.32. The van der Waals surface area contributed by atoms with Crippen LogP contribution in [-0.2, 0) is 6.18 Å². The number of hydrogen-bond acceptors (Lipinski definition) is 5. The summed E-state index contributed by atoms with van der Waals surface area (Å²) in [6, 6.07) is 2.70. The lowest BCUT2D eigenvalue weighted by atomic mass is 10.2. The monoisotopic (exact) mass is 392 g/mol. The van der Waals surface area contributed by atoms with Crippen LogP contribution in [0.25, 0.3) is 0 Å². The number of H-pyrrole nitrogens is 1. The minimum absolute atomic E-state index is 0.0562. The van der Waals surface area contributed by atoms with Crippen molar-refractivity contribution in [2.24, 2.45) is 0 Å². The van der Waals surface area contributed by atoms with Crippen molar-refractivity contribution in [3.05, 3.63) is 28.5 Å². The molecule has 0 radical (unpaired) electrons. The average molecular weight is 393 g/mol. The molecule has 0 saturated carbocycles. The summed E-state index contributed by atoms with van der Waals surface area (Å²) in [5.41, 5.74) is 0.0562. The van der Waals surface area contributed by atoms with Crippen LogP contribution in [0, 0.1) is 0 Å². The third kappa shape index (κ3) is 4.78. The van der Waals surface area contributed by atoms with Gasteiger partial charge in [-0.25, -0.2) is 0 Å². The van der Waals surface area contributed by atoms with E-state index in [0.717, 1.165) is 6.42 Å². The molecule has 2 aromatic rings. The highest BCUT2D eigenvalue weighted by Crippen LogP contribution is 2.37. The minimum Gasteiger partial charge on any atom is -0.490 e. The number of rotatable bonds is 7. The van der Waals surface area contributed by atoms with Crippen LogP contribution in [0.1, 0.15) is 36.5 Å². The SMILES string of the molecule is CCCOc1c(Cl)cc(C(=O)Nc2n[nH]c(C(F)(F)F)n2)cc1OCC. The molecule has 0 saturated heterocycles. The third-order valence-corrected chi connectivity index (χ3v) is 3.28. The zero-order chi connectivity index (χ0) is 19.3. The summed E-state index contributed by atoms with van der Waals surface area (Å²) >= 11 is 6.15. The van der Waals surface area contributed by atoms with Crippen LogP contribution in [0.5, 0.6) is 11.5 Å². The molecule has 142 valence electrons. The number of nitrogens with one attached hydrogen (secondary N) is 2. The molecule has 0 aliphatic carbocycles. The molecule has 0 aliphatic heterocycles. The van der Waals surface area contributed by atoms with E-state index in [1.165, 1.54) is 12.1 Å². The smallest absolute Gasteiger partial charge is 0.451 e.